The van der Waals surface area contributed by atoms with Crippen LogP contribution in [0.4, 0.5) is 0 Å². The average Bonchev–Trinajstić information content (AvgIpc) is 2.77. The van der Waals surface area contributed by atoms with Gasteiger partial charge in [0.05, 0.1) is 18.0 Å². The molecule has 1 heterocycles. The van der Waals surface area contributed by atoms with Crippen LogP contribution in [0.15, 0.2) is 46.9 Å². The third kappa shape index (κ3) is 7.20. The minimum atomic E-state index is -0.571. The SMILES string of the molecule is COc1cc(CC(=O)N2CCNC(C(=O)OC(C)(C)C)C2)cc(Br)c1OCc1ccccc1. The lowest BCUT2D eigenvalue weighted by Crippen LogP contribution is -2.57. The maximum absolute atomic E-state index is 13.0. The number of benzene rings is 2. The van der Waals surface area contributed by atoms with Crippen LogP contribution in [0.1, 0.15) is 31.9 Å². The maximum atomic E-state index is 13.0. The number of rotatable bonds is 7. The van der Waals surface area contributed by atoms with Crippen LogP contribution < -0.4 is 14.8 Å². The van der Waals surface area contributed by atoms with Crippen molar-refractivity contribution in [3.05, 3.63) is 58.1 Å². The largest absolute Gasteiger partial charge is 0.493 e. The fraction of sp³-hybridized carbons (Fsp3) is 0.440. The van der Waals surface area contributed by atoms with Crippen molar-refractivity contribution in [3.63, 3.8) is 0 Å². The minimum Gasteiger partial charge on any atom is -0.493 e. The van der Waals surface area contributed by atoms with Crippen molar-refractivity contribution in [1.82, 2.24) is 10.2 Å². The van der Waals surface area contributed by atoms with E-state index in [0.717, 1.165) is 11.1 Å². The second-order valence-electron chi connectivity index (χ2n) is 8.94. The standard InChI is InChI=1S/C25H31BrN2O5/c1-25(2,3)33-24(30)20-15-28(11-10-27-20)22(29)14-18-12-19(26)23(21(13-18)31-4)32-16-17-8-6-5-7-9-17/h5-9,12-13,20,27H,10-11,14-16H2,1-4H3. The molecule has 0 saturated carbocycles. The number of hydrogen-bond donors (Lipinski definition) is 1. The first kappa shape index (κ1) is 25.1. The zero-order valence-corrected chi connectivity index (χ0v) is 21.1. The van der Waals surface area contributed by atoms with Crippen molar-refractivity contribution in [2.45, 2.75) is 45.4 Å². The zero-order chi connectivity index (χ0) is 24.0. The van der Waals surface area contributed by atoms with E-state index < -0.39 is 11.6 Å². The molecule has 1 saturated heterocycles. The lowest BCUT2D eigenvalue weighted by molar-refractivity contribution is -0.159. The number of halogens is 1. The predicted molar refractivity (Wildman–Crippen MR) is 129 cm³/mol. The van der Waals surface area contributed by atoms with Gasteiger partial charge in [-0.25, -0.2) is 0 Å². The molecule has 7 nitrogen and oxygen atoms in total. The van der Waals surface area contributed by atoms with E-state index in [1.54, 1.807) is 12.0 Å². The highest BCUT2D eigenvalue weighted by Gasteiger charge is 2.31. The number of amides is 1. The third-order valence-electron chi connectivity index (χ3n) is 5.09. The quantitative estimate of drug-likeness (QED) is 0.562. The van der Waals surface area contributed by atoms with E-state index in [1.807, 2.05) is 63.2 Å². The summed E-state index contributed by atoms with van der Waals surface area (Å²) in [6.45, 7) is 7.24. The van der Waals surface area contributed by atoms with Crippen molar-refractivity contribution in [2.24, 2.45) is 0 Å². The van der Waals surface area contributed by atoms with Gasteiger partial charge in [-0.15, -0.1) is 0 Å². The molecule has 1 atom stereocenters. The molecule has 33 heavy (non-hydrogen) atoms. The molecule has 8 heteroatoms. The summed E-state index contributed by atoms with van der Waals surface area (Å²) >= 11 is 3.55. The topological polar surface area (TPSA) is 77.1 Å². The molecule has 1 fully saturated rings. The fourth-order valence-corrected chi connectivity index (χ4v) is 4.14. The Kier molecular flexibility index (Phi) is 8.37. The summed E-state index contributed by atoms with van der Waals surface area (Å²) in [7, 11) is 1.57. The normalized spacial score (nSPS) is 16.3. The number of ether oxygens (including phenoxy) is 3. The molecule has 2 aromatic rings. The smallest absolute Gasteiger partial charge is 0.325 e. The van der Waals surface area contributed by atoms with Gasteiger partial charge in [-0.05, 0) is 60.0 Å². The molecule has 0 radical (unpaired) electrons. The van der Waals surface area contributed by atoms with Crippen LogP contribution in [0.3, 0.4) is 0 Å². The van der Waals surface area contributed by atoms with Crippen LogP contribution >= 0.6 is 15.9 Å². The first-order valence-corrected chi connectivity index (χ1v) is 11.7. The van der Waals surface area contributed by atoms with Crippen molar-refractivity contribution >= 4 is 27.8 Å². The van der Waals surface area contributed by atoms with Gasteiger partial charge in [-0.3, -0.25) is 9.59 Å². The van der Waals surface area contributed by atoms with Crippen LogP contribution in [-0.2, 0) is 27.4 Å². The Morgan fingerprint density at radius 2 is 1.88 bits per heavy atom. The average molecular weight is 519 g/mol. The van der Waals surface area contributed by atoms with Gasteiger partial charge in [0.25, 0.3) is 0 Å². The van der Waals surface area contributed by atoms with Crippen LogP contribution in [0.25, 0.3) is 0 Å². The molecule has 2 aromatic carbocycles. The molecule has 0 spiro atoms. The second kappa shape index (κ2) is 11.0. The highest BCUT2D eigenvalue weighted by atomic mass is 79.9. The number of nitrogens with zero attached hydrogens (tertiary/aromatic N) is 1. The van der Waals surface area contributed by atoms with Crippen molar-refractivity contribution in [1.29, 1.82) is 0 Å². The summed E-state index contributed by atoms with van der Waals surface area (Å²) in [6.07, 6.45) is 0.189. The number of hydrogen-bond acceptors (Lipinski definition) is 6. The van der Waals surface area contributed by atoms with Crippen LogP contribution in [0.2, 0.25) is 0 Å². The Hall–Kier alpha value is -2.58. The Labute approximate surface area is 203 Å². The Balaban J connectivity index is 1.65. The molecular weight excluding hydrogens is 488 g/mol. The van der Waals surface area contributed by atoms with Gasteiger partial charge in [-0.2, -0.15) is 0 Å². The lowest BCUT2D eigenvalue weighted by atomic mass is 10.1. The Morgan fingerprint density at radius 1 is 1.15 bits per heavy atom. The summed E-state index contributed by atoms with van der Waals surface area (Å²) in [4.78, 5) is 27.1. The summed E-state index contributed by atoms with van der Waals surface area (Å²) in [5, 5.41) is 3.14. The van der Waals surface area contributed by atoms with E-state index >= 15 is 0 Å². The van der Waals surface area contributed by atoms with E-state index in [1.165, 1.54) is 0 Å². The van der Waals surface area contributed by atoms with Crippen molar-refractivity contribution in [3.8, 4) is 11.5 Å². The number of piperazine rings is 1. The second-order valence-corrected chi connectivity index (χ2v) is 9.79. The Bertz CT molecular complexity index is 975. The van der Waals surface area contributed by atoms with E-state index in [9.17, 15) is 9.59 Å². The molecular formula is C25H31BrN2O5. The van der Waals surface area contributed by atoms with Gasteiger partial charge in [0, 0.05) is 19.6 Å². The molecule has 1 unspecified atom stereocenters. The molecule has 0 aliphatic carbocycles. The molecule has 1 amide bonds. The van der Waals surface area contributed by atoms with Crippen LogP contribution in [0, 0.1) is 0 Å². The van der Waals surface area contributed by atoms with Gasteiger partial charge in [0.1, 0.15) is 18.2 Å². The molecule has 1 aliphatic rings. The number of methoxy groups -OCH3 is 1. The Morgan fingerprint density at radius 3 is 2.55 bits per heavy atom. The van der Waals surface area contributed by atoms with Gasteiger partial charge in [0.2, 0.25) is 5.91 Å². The minimum absolute atomic E-state index is 0.0584. The summed E-state index contributed by atoms with van der Waals surface area (Å²) in [6, 6.07) is 13.0. The lowest BCUT2D eigenvalue weighted by Gasteiger charge is -2.34. The predicted octanol–water partition coefficient (Wildman–Crippen LogP) is 3.72. The summed E-state index contributed by atoms with van der Waals surface area (Å²) in [5.74, 6) is 0.737. The van der Waals surface area contributed by atoms with E-state index in [0.29, 0.717) is 35.7 Å². The van der Waals surface area contributed by atoms with E-state index in [4.69, 9.17) is 14.2 Å². The molecule has 0 aromatic heterocycles. The number of carbonyl (C=O) groups excluding carboxylic acids is 2. The third-order valence-corrected chi connectivity index (χ3v) is 5.68. The number of carbonyl (C=O) groups is 2. The monoisotopic (exact) mass is 518 g/mol. The van der Waals surface area contributed by atoms with Gasteiger partial charge in [-0.1, -0.05) is 30.3 Å². The number of esters is 1. The van der Waals surface area contributed by atoms with Crippen molar-refractivity contribution in [2.75, 3.05) is 26.7 Å². The fourth-order valence-electron chi connectivity index (χ4n) is 3.54. The molecule has 1 aliphatic heterocycles. The van der Waals surface area contributed by atoms with Gasteiger partial charge >= 0.3 is 5.97 Å². The molecule has 0 bridgehead atoms. The molecule has 178 valence electrons. The first-order valence-electron chi connectivity index (χ1n) is 10.9. The molecule has 3 rings (SSSR count). The van der Waals surface area contributed by atoms with Gasteiger partial charge in [0.15, 0.2) is 11.5 Å². The first-order chi connectivity index (χ1) is 15.7. The number of nitrogens with one attached hydrogen (secondary N) is 1. The van der Waals surface area contributed by atoms with Gasteiger partial charge < -0.3 is 24.4 Å². The van der Waals surface area contributed by atoms with E-state index in [-0.39, 0.29) is 24.8 Å². The van der Waals surface area contributed by atoms with Crippen LogP contribution in [-0.4, -0.2) is 55.2 Å². The molecule has 1 N–H and O–H groups in total. The highest BCUT2D eigenvalue weighted by Crippen LogP contribution is 2.37. The summed E-state index contributed by atoms with van der Waals surface area (Å²) in [5.41, 5.74) is 1.27. The van der Waals surface area contributed by atoms with Crippen LogP contribution in [0.5, 0.6) is 11.5 Å². The zero-order valence-electron chi connectivity index (χ0n) is 19.5. The van der Waals surface area contributed by atoms with E-state index in [2.05, 4.69) is 21.2 Å². The maximum Gasteiger partial charge on any atom is 0.325 e. The van der Waals surface area contributed by atoms with Crippen molar-refractivity contribution < 1.29 is 23.8 Å². The summed E-state index contributed by atoms with van der Waals surface area (Å²) < 4.78 is 17.7. The highest BCUT2D eigenvalue weighted by molar-refractivity contribution is 9.10.